The Kier molecular flexibility index (Phi) is 7.49. The van der Waals surface area contributed by atoms with E-state index in [0.29, 0.717) is 74.3 Å². The zero-order chi connectivity index (χ0) is 28.5. The number of amides is 3. The van der Waals surface area contributed by atoms with Gasteiger partial charge in [0.05, 0.1) is 18.9 Å². The fourth-order valence-corrected chi connectivity index (χ4v) is 6.06. The molecule has 0 atom stereocenters. The number of methoxy groups -OCH3 is 1. The van der Waals surface area contributed by atoms with Crippen LogP contribution in [0, 0.1) is 0 Å². The number of ether oxygens (including phenoxy) is 1. The smallest absolute Gasteiger partial charge is 0.277 e. The molecular weight excluding hydrogens is 522 g/mol. The van der Waals surface area contributed by atoms with E-state index in [2.05, 4.69) is 10.4 Å². The van der Waals surface area contributed by atoms with E-state index in [0.717, 1.165) is 24.2 Å². The van der Waals surface area contributed by atoms with Crippen LogP contribution in [-0.4, -0.2) is 65.0 Å². The highest BCUT2D eigenvalue weighted by Crippen LogP contribution is 2.31. The molecule has 10 nitrogen and oxygen atoms in total. The second-order valence-electron chi connectivity index (χ2n) is 11.0. The van der Waals surface area contributed by atoms with E-state index < -0.39 is 0 Å². The van der Waals surface area contributed by atoms with E-state index in [9.17, 15) is 19.5 Å². The molecule has 41 heavy (non-hydrogen) atoms. The van der Waals surface area contributed by atoms with E-state index in [1.54, 1.807) is 33.7 Å². The number of hydrogen-bond acceptors (Lipinski definition) is 6. The Morgan fingerprint density at radius 1 is 0.878 bits per heavy atom. The first-order chi connectivity index (χ1) is 19.9. The summed E-state index contributed by atoms with van der Waals surface area (Å²) < 4.78 is 6.86. The van der Waals surface area contributed by atoms with E-state index in [-0.39, 0.29) is 35.6 Å². The molecular formula is C31H35N5O5. The summed E-state index contributed by atoms with van der Waals surface area (Å²) in [6.07, 6.45) is 5.34. The molecule has 0 spiro atoms. The molecule has 3 aliphatic rings. The van der Waals surface area contributed by atoms with Gasteiger partial charge in [-0.05, 0) is 93.5 Å². The third-order valence-electron chi connectivity index (χ3n) is 8.38. The second-order valence-corrected chi connectivity index (χ2v) is 11.0. The highest BCUT2D eigenvalue weighted by atomic mass is 16.5. The van der Waals surface area contributed by atoms with Gasteiger partial charge in [0.2, 0.25) is 5.91 Å². The molecule has 2 aromatic carbocycles. The molecule has 2 aliphatic heterocycles. The van der Waals surface area contributed by atoms with Gasteiger partial charge >= 0.3 is 0 Å². The van der Waals surface area contributed by atoms with Crippen LogP contribution in [-0.2, 0) is 11.2 Å². The molecule has 1 saturated heterocycles. The highest BCUT2D eigenvalue weighted by molar-refractivity contribution is 6.10. The van der Waals surface area contributed by atoms with Gasteiger partial charge in [0.25, 0.3) is 11.8 Å². The Morgan fingerprint density at radius 2 is 1.54 bits per heavy atom. The Morgan fingerprint density at radius 3 is 2.20 bits per heavy atom. The van der Waals surface area contributed by atoms with Crippen molar-refractivity contribution in [2.24, 2.45) is 0 Å². The van der Waals surface area contributed by atoms with Crippen LogP contribution >= 0.6 is 0 Å². The molecule has 214 valence electrons. The predicted octanol–water partition coefficient (Wildman–Crippen LogP) is 3.63. The average molecular weight is 558 g/mol. The molecule has 3 aromatic rings. The van der Waals surface area contributed by atoms with E-state index >= 15 is 0 Å². The molecule has 1 saturated carbocycles. The van der Waals surface area contributed by atoms with Gasteiger partial charge in [-0.2, -0.15) is 5.10 Å². The topological polar surface area (TPSA) is 117 Å². The summed E-state index contributed by atoms with van der Waals surface area (Å²) in [7, 11) is 1.59. The number of nitrogens with zero attached hydrogens (tertiary/aromatic N) is 4. The summed E-state index contributed by atoms with van der Waals surface area (Å²) in [5, 5.41) is 17.6. The molecule has 2 N–H and O–H groups in total. The van der Waals surface area contributed by atoms with Crippen LogP contribution in [0.3, 0.4) is 0 Å². The maximum Gasteiger partial charge on any atom is 0.277 e. The number of piperidine rings is 1. The summed E-state index contributed by atoms with van der Waals surface area (Å²) in [6, 6.07) is 14.7. The van der Waals surface area contributed by atoms with Gasteiger partial charge in [-0.1, -0.05) is 0 Å². The number of carbonyl (C=O) groups excluding carboxylic acids is 3. The van der Waals surface area contributed by atoms with E-state index in [1.165, 1.54) is 0 Å². The van der Waals surface area contributed by atoms with Gasteiger partial charge in [0, 0.05) is 42.5 Å². The van der Waals surface area contributed by atoms with Crippen molar-refractivity contribution < 1.29 is 24.2 Å². The molecule has 1 aromatic heterocycles. The molecule has 0 unspecified atom stereocenters. The fourth-order valence-electron chi connectivity index (χ4n) is 6.06. The minimum Gasteiger partial charge on any atom is -0.497 e. The lowest BCUT2D eigenvalue weighted by atomic mass is 9.93. The number of benzene rings is 2. The second kappa shape index (κ2) is 11.4. The number of hydrogen-bond donors (Lipinski definition) is 2. The summed E-state index contributed by atoms with van der Waals surface area (Å²) in [4.78, 5) is 43.4. The Hall–Kier alpha value is -4.18. The molecule has 0 radical (unpaired) electrons. The average Bonchev–Trinajstić information content (AvgIpc) is 3.40. The monoisotopic (exact) mass is 557 g/mol. The lowest BCUT2D eigenvalue weighted by Gasteiger charge is -2.30. The number of fused-ring (bicyclic) bond motifs is 1. The number of aromatic nitrogens is 2. The van der Waals surface area contributed by atoms with Crippen molar-refractivity contribution >= 4 is 29.1 Å². The summed E-state index contributed by atoms with van der Waals surface area (Å²) in [5.41, 5.74) is 3.46. The predicted molar refractivity (Wildman–Crippen MR) is 154 cm³/mol. The van der Waals surface area contributed by atoms with Gasteiger partial charge in [-0.25, -0.2) is 4.68 Å². The van der Waals surface area contributed by atoms with Crippen LogP contribution in [0.5, 0.6) is 5.75 Å². The molecule has 2 fully saturated rings. The summed E-state index contributed by atoms with van der Waals surface area (Å²) in [5.74, 6) is 0.261. The first kappa shape index (κ1) is 27.0. The van der Waals surface area contributed by atoms with Crippen molar-refractivity contribution in [1.82, 2.24) is 15.1 Å². The van der Waals surface area contributed by atoms with Crippen LogP contribution < -0.4 is 19.9 Å². The number of carbonyl (C=O) groups is 3. The van der Waals surface area contributed by atoms with Crippen LogP contribution in [0.15, 0.2) is 48.5 Å². The number of rotatable bonds is 6. The van der Waals surface area contributed by atoms with Crippen molar-refractivity contribution in [3.8, 4) is 11.4 Å². The quantitative estimate of drug-likeness (QED) is 0.478. The van der Waals surface area contributed by atoms with Crippen LogP contribution in [0.1, 0.15) is 71.5 Å². The first-order valence-corrected chi connectivity index (χ1v) is 14.4. The molecule has 0 bridgehead atoms. The Balaban J connectivity index is 1.31. The van der Waals surface area contributed by atoms with Gasteiger partial charge in [0.15, 0.2) is 5.69 Å². The number of nitrogens with one attached hydrogen (secondary N) is 1. The lowest BCUT2D eigenvalue weighted by molar-refractivity contribution is -0.119. The van der Waals surface area contributed by atoms with Crippen LogP contribution in [0.4, 0.5) is 11.4 Å². The first-order valence-electron chi connectivity index (χ1n) is 14.4. The van der Waals surface area contributed by atoms with E-state index in [4.69, 9.17) is 4.74 Å². The van der Waals surface area contributed by atoms with Crippen molar-refractivity contribution in [3.05, 3.63) is 65.5 Å². The number of anilines is 2. The standard InChI is InChI=1S/C31H35N5O5/c1-41-25-15-11-23(12-16-25)36-29-26(28(33-36)30(39)32-20-5-13-24(37)14-6-20)17-19-35(31(29)40)22-9-7-21(8-10-22)34-18-3-2-4-27(34)38/h7-12,15-16,20,24,37H,2-6,13-14,17-19H2,1H3,(H,32,39). The van der Waals surface area contributed by atoms with Crippen molar-refractivity contribution in [2.75, 3.05) is 30.0 Å². The largest absolute Gasteiger partial charge is 0.497 e. The SMILES string of the molecule is COc1ccc(-n2nc(C(=O)NC3CCC(O)CC3)c3c2C(=O)N(c2ccc(N4CCCCC4=O)cc2)CC3)cc1. The number of aliphatic hydroxyl groups is 1. The third-order valence-corrected chi connectivity index (χ3v) is 8.38. The van der Waals surface area contributed by atoms with Gasteiger partial charge in [-0.3, -0.25) is 14.4 Å². The molecule has 10 heteroatoms. The Bertz CT molecular complexity index is 1440. The normalized spacial score (nSPS) is 21.0. The zero-order valence-electron chi connectivity index (χ0n) is 23.2. The van der Waals surface area contributed by atoms with Gasteiger partial charge in [0.1, 0.15) is 11.4 Å². The molecule has 3 amide bonds. The maximum absolute atomic E-state index is 14.1. The minimum absolute atomic E-state index is 0.0335. The van der Waals surface area contributed by atoms with Crippen molar-refractivity contribution in [1.29, 1.82) is 0 Å². The van der Waals surface area contributed by atoms with Crippen molar-refractivity contribution in [2.45, 2.75) is 63.5 Å². The molecule has 6 rings (SSSR count). The fraction of sp³-hybridized carbons (Fsp3) is 0.419. The summed E-state index contributed by atoms with van der Waals surface area (Å²) >= 11 is 0. The Labute approximate surface area is 238 Å². The molecule has 1 aliphatic carbocycles. The summed E-state index contributed by atoms with van der Waals surface area (Å²) in [6.45, 7) is 1.11. The van der Waals surface area contributed by atoms with Crippen LogP contribution in [0.2, 0.25) is 0 Å². The number of aliphatic hydroxyl groups excluding tert-OH is 1. The third kappa shape index (κ3) is 5.31. The maximum atomic E-state index is 14.1. The lowest BCUT2D eigenvalue weighted by Crippen LogP contribution is -2.41. The molecule has 3 heterocycles. The zero-order valence-corrected chi connectivity index (χ0v) is 23.2. The van der Waals surface area contributed by atoms with Gasteiger partial charge < -0.3 is 25.0 Å². The minimum atomic E-state index is -0.316. The van der Waals surface area contributed by atoms with Crippen molar-refractivity contribution in [3.63, 3.8) is 0 Å². The van der Waals surface area contributed by atoms with Crippen LogP contribution in [0.25, 0.3) is 5.69 Å². The van der Waals surface area contributed by atoms with Gasteiger partial charge in [-0.15, -0.1) is 0 Å². The van der Waals surface area contributed by atoms with E-state index in [1.807, 2.05) is 36.4 Å². The highest BCUT2D eigenvalue weighted by Gasteiger charge is 2.36.